The summed E-state index contributed by atoms with van der Waals surface area (Å²) in [6.45, 7) is 12.7. The summed E-state index contributed by atoms with van der Waals surface area (Å²) in [7, 11) is 1.96. The molecule has 9 aromatic rings. The van der Waals surface area contributed by atoms with Crippen molar-refractivity contribution in [1.82, 2.24) is 40.0 Å². The molecule has 1 saturated heterocycles. The number of ketones is 1. The summed E-state index contributed by atoms with van der Waals surface area (Å²) in [5, 5.41) is 25.4. The zero-order valence-corrected chi connectivity index (χ0v) is 50.1. The number of aromatic amines is 1. The number of ether oxygens (including phenoxy) is 2. The van der Waals surface area contributed by atoms with Gasteiger partial charge in [-0.2, -0.15) is 9.78 Å². The number of aliphatic imine (C=N–C) groups is 1. The van der Waals surface area contributed by atoms with Crippen molar-refractivity contribution in [3.05, 3.63) is 163 Å². The van der Waals surface area contributed by atoms with Gasteiger partial charge in [0.05, 0.1) is 30.6 Å². The van der Waals surface area contributed by atoms with Crippen LogP contribution in [0.25, 0.3) is 37.5 Å². The van der Waals surface area contributed by atoms with Gasteiger partial charge in [-0.3, -0.25) is 9.79 Å². The van der Waals surface area contributed by atoms with Crippen LogP contribution >= 0.6 is 66.4 Å². The Morgan fingerprint density at radius 1 is 0.864 bits per heavy atom. The minimum Gasteiger partial charge on any atom is -0.477 e. The molecule has 4 aromatic carbocycles. The van der Waals surface area contributed by atoms with Gasteiger partial charge in [0.25, 0.3) is 0 Å². The van der Waals surface area contributed by atoms with Gasteiger partial charge in [0.1, 0.15) is 22.1 Å². The van der Waals surface area contributed by atoms with Crippen LogP contribution in [0.15, 0.2) is 142 Å². The molecule has 0 amide bonds. The number of carbonyl (C=O) groups is 3. The van der Waals surface area contributed by atoms with E-state index in [9.17, 15) is 14.4 Å². The first kappa shape index (κ1) is 64.9. The molecular weight excluding hydrogens is 1220 g/mol. The van der Waals surface area contributed by atoms with Gasteiger partial charge in [-0.1, -0.05) is 76.6 Å². The number of fused-ring (bicyclic) bond motifs is 3. The van der Waals surface area contributed by atoms with Crippen LogP contribution in [-0.4, -0.2) is 109 Å². The number of thiophene rings is 1. The van der Waals surface area contributed by atoms with E-state index in [1.165, 1.54) is 22.4 Å². The van der Waals surface area contributed by atoms with E-state index in [4.69, 9.17) is 43.5 Å². The van der Waals surface area contributed by atoms with Crippen LogP contribution in [0.5, 0.6) is 0 Å². The molecule has 81 heavy (non-hydrogen) atoms. The number of hydrogen-bond acceptors (Lipinski definition) is 16. The van der Waals surface area contributed by atoms with Gasteiger partial charge in [-0.05, 0) is 166 Å². The molecule has 1 fully saturated rings. The molecule has 0 bridgehead atoms. The first-order valence-corrected chi connectivity index (χ1v) is 28.2. The normalized spacial score (nSPS) is 13.0. The zero-order valence-electron chi connectivity index (χ0n) is 44.6. The first-order valence-electron chi connectivity index (χ1n) is 25.0. The highest BCUT2D eigenvalue weighted by Crippen LogP contribution is 2.29. The fourth-order valence-corrected chi connectivity index (χ4v) is 9.27. The molecule has 0 radical (unpaired) electrons. The van der Waals surface area contributed by atoms with E-state index in [1.807, 2.05) is 113 Å². The Morgan fingerprint density at radius 3 is 2.04 bits per heavy atom. The highest BCUT2D eigenvalue weighted by molar-refractivity contribution is 9.10. The summed E-state index contributed by atoms with van der Waals surface area (Å²) in [6, 6.07) is 32.5. The Balaban J connectivity index is 0.000000190. The van der Waals surface area contributed by atoms with Gasteiger partial charge >= 0.3 is 12.1 Å². The number of nitrogens with one attached hydrogen (secondary N) is 4. The van der Waals surface area contributed by atoms with Crippen LogP contribution in [0.1, 0.15) is 80.6 Å². The molecule has 0 saturated carbocycles. The maximum Gasteiger partial charge on any atom is 0.435 e. The average Bonchev–Trinajstić information content (AvgIpc) is 4.39. The van der Waals surface area contributed by atoms with Crippen molar-refractivity contribution in [2.75, 3.05) is 44.0 Å². The molecule has 0 aliphatic carbocycles. The third kappa shape index (κ3) is 21.1. The van der Waals surface area contributed by atoms with Crippen molar-refractivity contribution in [2.24, 2.45) is 10.7 Å². The Kier molecular flexibility index (Phi) is 25.5. The largest absolute Gasteiger partial charge is 0.477 e. The minimum atomic E-state index is -0.864. The van der Waals surface area contributed by atoms with E-state index < -0.39 is 17.7 Å². The number of carbonyl (C=O) groups excluding carboxylic acids is 2. The number of allylic oxidation sites excluding steroid dienone is 1. The van der Waals surface area contributed by atoms with Crippen molar-refractivity contribution >= 4 is 151 Å². The number of hydrogen-bond donors (Lipinski definition) is 6. The van der Waals surface area contributed by atoms with Gasteiger partial charge in [0, 0.05) is 79.5 Å². The van der Waals surface area contributed by atoms with E-state index in [1.54, 1.807) is 49.8 Å². The number of H-pyrrole nitrogens is 1. The quantitative estimate of drug-likeness (QED) is 0.0581. The van der Waals surface area contributed by atoms with Crippen LogP contribution in [-0.2, 0) is 9.47 Å². The molecule has 2 aliphatic heterocycles. The lowest BCUT2D eigenvalue weighted by Gasteiger charge is -2.19. The van der Waals surface area contributed by atoms with Crippen LogP contribution in [0.4, 0.5) is 27.8 Å². The van der Waals surface area contributed by atoms with Crippen LogP contribution < -0.4 is 21.7 Å². The molecule has 2 aliphatic rings. The van der Waals surface area contributed by atoms with Crippen LogP contribution in [0, 0.1) is 0 Å². The van der Waals surface area contributed by atoms with Crippen molar-refractivity contribution in [2.45, 2.75) is 66.5 Å². The van der Waals surface area contributed by atoms with E-state index in [0.29, 0.717) is 33.8 Å². The SMILES string of the molecule is C.CC(=O)c1cc2ccc(Br)cc2[nH]1.CC(C)(C)OC(=O)n1ncc2cc(Nc3ccnc(Cl)n3)ccc21.CCCNC.Clc1nccc(Nc2ccc(C3=CCN=C3)cc2)n1.NC1CCOC1.O=C(O)c1cc2ccc(Br)cc2s1. The summed E-state index contributed by atoms with van der Waals surface area (Å²) in [5.41, 5.74) is 11.2. The molecule has 426 valence electrons. The molecule has 23 heteroatoms. The molecule has 1 atom stereocenters. The number of anilines is 4. The topological polar surface area (TPSA) is 250 Å². The van der Waals surface area contributed by atoms with Gasteiger partial charge < -0.3 is 41.2 Å². The lowest BCUT2D eigenvalue weighted by molar-refractivity contribution is 0.0522. The number of halogens is 4. The summed E-state index contributed by atoms with van der Waals surface area (Å²) in [4.78, 5) is 57.3. The summed E-state index contributed by atoms with van der Waals surface area (Å²) < 4.78 is 14.5. The van der Waals surface area contributed by atoms with Gasteiger partial charge in [-0.15, -0.1) is 11.3 Å². The van der Waals surface area contributed by atoms with Crippen molar-refractivity contribution in [3.8, 4) is 0 Å². The summed E-state index contributed by atoms with van der Waals surface area (Å²) in [5.74, 6) is 0.452. The fraction of sp³-hybridized carbons (Fsp3) is 0.259. The second-order valence-electron chi connectivity index (χ2n) is 18.5. The monoisotopic (exact) mass is 1280 g/mol. The Bertz CT molecular complexity index is 3490. The van der Waals surface area contributed by atoms with E-state index in [0.717, 1.165) is 90.6 Å². The smallest absolute Gasteiger partial charge is 0.435 e. The summed E-state index contributed by atoms with van der Waals surface area (Å²) >= 11 is 19.5. The molecule has 7 heterocycles. The number of Topliss-reactive ketones (excluding diaryl/α,β-unsaturated/α-hetero) is 1. The highest BCUT2D eigenvalue weighted by Gasteiger charge is 2.20. The second-order valence-corrected chi connectivity index (χ2v) is 22.1. The van der Waals surface area contributed by atoms with E-state index in [-0.39, 0.29) is 23.8 Å². The molecule has 1 unspecified atom stereocenters. The number of aromatic nitrogens is 7. The lowest BCUT2D eigenvalue weighted by atomic mass is 10.1. The number of nitrogens with two attached hydrogens (primary N) is 1. The average molecular weight is 1290 g/mol. The second kappa shape index (κ2) is 31.9. The molecule has 11 rings (SSSR count). The number of rotatable bonds is 9. The maximum absolute atomic E-state index is 12.2. The van der Waals surface area contributed by atoms with Crippen LogP contribution in [0.3, 0.4) is 0 Å². The molecule has 18 nitrogen and oxygen atoms in total. The molecular formula is C58H64Br2Cl2N12O6S. The highest BCUT2D eigenvalue weighted by atomic mass is 79.9. The van der Waals surface area contributed by atoms with Crippen molar-refractivity contribution in [3.63, 3.8) is 0 Å². The molecule has 7 N–H and O–H groups in total. The van der Waals surface area contributed by atoms with Gasteiger partial charge in [0.2, 0.25) is 10.6 Å². The Hall–Kier alpha value is -6.95. The predicted octanol–water partition coefficient (Wildman–Crippen LogP) is 14.8. The van der Waals surface area contributed by atoms with E-state index >= 15 is 0 Å². The summed E-state index contributed by atoms with van der Waals surface area (Å²) in [6.07, 6.45) is 10.6. The number of nitrogens with zero attached hydrogens (tertiary/aromatic N) is 7. The maximum atomic E-state index is 12.2. The number of carboxylic acids is 1. The number of carboxylic acid groups (broad SMARTS) is 1. The van der Waals surface area contributed by atoms with E-state index in [2.05, 4.69) is 95.8 Å². The molecule has 0 spiro atoms. The van der Waals surface area contributed by atoms with Crippen molar-refractivity contribution in [1.29, 1.82) is 0 Å². The van der Waals surface area contributed by atoms with Crippen LogP contribution in [0.2, 0.25) is 10.6 Å². The number of benzene rings is 4. The standard InChI is InChI=1S/C16H16ClN5O2.C14H11ClN4.C10H8BrNO.C9H5BrO2S.C4H9NO.C4H11N.CH4/c1-16(2,3)24-15(23)22-12-5-4-11(8-10(12)9-19-22)20-13-6-7-18-14(17)21-13;15-14-17-8-6-13(19-14)18-12-3-1-10(2-4-12)11-5-7-16-9-11;1-6(13)9-4-7-2-3-8(11)5-10(7)12-9;10-6-2-1-5-3-8(9(11)12)13-7(5)4-6;5-4-1-2-6-3-4;1-3-4-5-2;/h4-9H,1-3H3,(H,18,20,21);1-6,8-9H,7H2,(H,17,18,19);2-5,12H,1H3;1-4H,(H,11,12);4H,1-3,5H2;5H,3-4H2,1-2H3;1H4. The lowest BCUT2D eigenvalue weighted by Crippen LogP contribution is -2.27. The Morgan fingerprint density at radius 2 is 1.51 bits per heavy atom. The zero-order chi connectivity index (χ0) is 57.8. The molecule has 5 aromatic heterocycles. The number of aromatic carboxylic acids is 1. The fourth-order valence-electron chi connectivity index (χ4n) is 7.16. The van der Waals surface area contributed by atoms with Gasteiger partial charge in [0.15, 0.2) is 5.78 Å². The van der Waals surface area contributed by atoms with Crippen molar-refractivity contribution < 1.29 is 29.0 Å². The third-order valence-electron chi connectivity index (χ3n) is 10.9. The van der Waals surface area contributed by atoms with Gasteiger partial charge in [-0.25, -0.2) is 29.5 Å². The first-order chi connectivity index (χ1) is 38.3. The third-order valence-corrected chi connectivity index (χ3v) is 13.4. The Labute approximate surface area is 501 Å². The minimum absolute atomic E-state index is 0. The predicted molar refractivity (Wildman–Crippen MR) is 337 cm³/mol.